The maximum absolute atomic E-state index is 11.0. The molecule has 0 radical (unpaired) electrons. The van der Waals surface area contributed by atoms with Crippen molar-refractivity contribution in [2.24, 2.45) is 0 Å². The number of nitrogens with zero attached hydrogens (tertiary/aromatic N) is 3. The van der Waals surface area contributed by atoms with E-state index in [4.69, 9.17) is 0 Å². The van der Waals surface area contributed by atoms with Crippen LogP contribution in [-0.4, -0.2) is 49.0 Å². The minimum absolute atomic E-state index is 0.224. The van der Waals surface area contributed by atoms with Gasteiger partial charge in [-0.3, -0.25) is 4.79 Å². The first-order chi connectivity index (χ1) is 9.38. The van der Waals surface area contributed by atoms with Crippen molar-refractivity contribution < 1.29 is 4.79 Å². The zero-order valence-corrected chi connectivity index (χ0v) is 11.1. The summed E-state index contributed by atoms with van der Waals surface area (Å²) < 4.78 is 0. The van der Waals surface area contributed by atoms with Gasteiger partial charge in [-0.2, -0.15) is 0 Å². The predicted octanol–water partition coefficient (Wildman–Crippen LogP) is 0.784. The van der Waals surface area contributed by atoms with Crippen molar-refractivity contribution in [2.45, 2.75) is 18.9 Å². The normalized spacial score (nSPS) is 23.7. The van der Waals surface area contributed by atoms with E-state index in [-0.39, 0.29) is 6.04 Å². The molecule has 1 aromatic rings. The number of nitrogens with one attached hydrogen (secondary N) is 1. The second-order valence-electron chi connectivity index (χ2n) is 5.19. The molecule has 1 N–H and O–H groups in total. The fourth-order valence-corrected chi connectivity index (χ4v) is 2.95. The number of carbonyl (C=O) groups is 1. The largest absolute Gasteiger partial charge is 0.354 e. The molecule has 1 aromatic heterocycles. The summed E-state index contributed by atoms with van der Waals surface area (Å²) in [5.41, 5.74) is 1.16. The Morgan fingerprint density at radius 1 is 1.26 bits per heavy atom. The highest BCUT2D eigenvalue weighted by atomic mass is 16.1. The summed E-state index contributed by atoms with van der Waals surface area (Å²) in [5.74, 6) is 1.04. The average molecular weight is 260 g/mol. The van der Waals surface area contributed by atoms with Crippen molar-refractivity contribution in [1.29, 1.82) is 0 Å². The van der Waals surface area contributed by atoms with E-state index in [1.54, 1.807) is 0 Å². The van der Waals surface area contributed by atoms with Gasteiger partial charge in [-0.15, -0.1) is 0 Å². The van der Waals surface area contributed by atoms with Gasteiger partial charge in [0.1, 0.15) is 5.82 Å². The van der Waals surface area contributed by atoms with Gasteiger partial charge in [-0.05, 0) is 24.5 Å². The summed E-state index contributed by atoms with van der Waals surface area (Å²) >= 11 is 0. The molecule has 0 aliphatic carbocycles. The van der Waals surface area contributed by atoms with Crippen molar-refractivity contribution in [3.63, 3.8) is 0 Å². The molecule has 19 heavy (non-hydrogen) atoms. The van der Waals surface area contributed by atoms with Crippen LogP contribution < -0.4 is 10.2 Å². The Kier molecular flexibility index (Phi) is 3.64. The van der Waals surface area contributed by atoms with Crippen molar-refractivity contribution in [1.82, 2.24) is 15.2 Å². The molecule has 0 unspecified atom stereocenters. The standard InChI is InChI=1S/C14H20N4O/c19-11-18-7-1-2-13(18)12-3-4-14(16-10-12)17-8-5-15-6-9-17/h3-4,10-11,13,15H,1-2,5-9H2/t13-/m1/s1. The molecule has 2 fully saturated rings. The van der Waals surface area contributed by atoms with Crippen LogP contribution in [-0.2, 0) is 4.79 Å². The lowest BCUT2D eigenvalue weighted by Crippen LogP contribution is -2.43. The third-order valence-electron chi connectivity index (χ3n) is 4.03. The topological polar surface area (TPSA) is 48.5 Å². The highest BCUT2D eigenvalue weighted by Crippen LogP contribution is 2.30. The smallest absolute Gasteiger partial charge is 0.210 e. The number of hydrogen-bond donors (Lipinski definition) is 1. The zero-order valence-electron chi connectivity index (χ0n) is 11.1. The summed E-state index contributed by atoms with van der Waals surface area (Å²) in [7, 11) is 0. The minimum atomic E-state index is 0.224. The lowest BCUT2D eigenvalue weighted by atomic mass is 10.1. The van der Waals surface area contributed by atoms with Gasteiger partial charge >= 0.3 is 0 Å². The average Bonchev–Trinajstić information content (AvgIpc) is 2.97. The van der Waals surface area contributed by atoms with Gasteiger partial charge in [-0.1, -0.05) is 6.07 Å². The fraction of sp³-hybridized carbons (Fsp3) is 0.571. The number of pyridine rings is 1. The number of carbonyl (C=O) groups excluding carboxylic acids is 1. The summed E-state index contributed by atoms with van der Waals surface area (Å²) in [5, 5.41) is 3.34. The number of amides is 1. The number of piperazine rings is 1. The molecule has 2 aliphatic heterocycles. The first-order valence-corrected chi connectivity index (χ1v) is 7.01. The molecular weight excluding hydrogens is 240 g/mol. The zero-order chi connectivity index (χ0) is 13.1. The van der Waals surface area contributed by atoms with Gasteiger partial charge in [-0.25, -0.2) is 4.98 Å². The van der Waals surface area contributed by atoms with Gasteiger partial charge < -0.3 is 15.1 Å². The monoisotopic (exact) mass is 260 g/mol. The summed E-state index contributed by atoms with van der Waals surface area (Å²) in [6.45, 7) is 4.93. The van der Waals surface area contributed by atoms with Crippen molar-refractivity contribution >= 4 is 12.2 Å². The van der Waals surface area contributed by atoms with Gasteiger partial charge in [0.15, 0.2) is 0 Å². The molecule has 1 atom stereocenters. The number of likely N-dealkylation sites (tertiary alicyclic amines) is 1. The number of aromatic nitrogens is 1. The van der Waals surface area contributed by atoms with Crippen LogP contribution in [0.25, 0.3) is 0 Å². The van der Waals surface area contributed by atoms with Gasteiger partial charge in [0.05, 0.1) is 6.04 Å². The van der Waals surface area contributed by atoms with Crippen LogP contribution in [0, 0.1) is 0 Å². The highest BCUT2D eigenvalue weighted by Gasteiger charge is 2.25. The third kappa shape index (κ3) is 2.56. The Morgan fingerprint density at radius 2 is 2.11 bits per heavy atom. The van der Waals surface area contributed by atoms with E-state index in [0.29, 0.717) is 0 Å². The van der Waals surface area contributed by atoms with Crippen LogP contribution in [0.2, 0.25) is 0 Å². The molecule has 2 aliphatic rings. The summed E-state index contributed by atoms with van der Waals surface area (Å²) in [6, 6.07) is 4.43. The number of rotatable bonds is 3. The molecule has 2 saturated heterocycles. The number of anilines is 1. The Bertz CT molecular complexity index is 428. The first-order valence-electron chi connectivity index (χ1n) is 7.01. The Morgan fingerprint density at radius 3 is 2.79 bits per heavy atom. The third-order valence-corrected chi connectivity index (χ3v) is 4.03. The molecule has 0 saturated carbocycles. The lowest BCUT2D eigenvalue weighted by Gasteiger charge is -2.28. The molecule has 3 rings (SSSR count). The molecule has 102 valence electrons. The fourth-order valence-electron chi connectivity index (χ4n) is 2.95. The van der Waals surface area contributed by atoms with Crippen molar-refractivity contribution in [3.05, 3.63) is 23.9 Å². The molecule has 1 amide bonds. The van der Waals surface area contributed by atoms with Crippen LogP contribution in [0.5, 0.6) is 0 Å². The second-order valence-corrected chi connectivity index (χ2v) is 5.19. The Balaban J connectivity index is 1.73. The van der Waals surface area contributed by atoms with Gasteiger partial charge in [0, 0.05) is 38.9 Å². The van der Waals surface area contributed by atoms with Crippen molar-refractivity contribution in [3.8, 4) is 0 Å². The quantitative estimate of drug-likeness (QED) is 0.816. The predicted molar refractivity (Wildman–Crippen MR) is 74.1 cm³/mol. The molecule has 0 spiro atoms. The van der Waals surface area contributed by atoms with E-state index < -0.39 is 0 Å². The van der Waals surface area contributed by atoms with E-state index in [1.165, 1.54) is 0 Å². The van der Waals surface area contributed by atoms with Crippen LogP contribution >= 0.6 is 0 Å². The maximum atomic E-state index is 11.0. The Hall–Kier alpha value is -1.62. The van der Waals surface area contributed by atoms with E-state index in [9.17, 15) is 4.79 Å². The maximum Gasteiger partial charge on any atom is 0.210 e. The van der Waals surface area contributed by atoms with Crippen molar-refractivity contribution in [2.75, 3.05) is 37.6 Å². The molecule has 5 nitrogen and oxygen atoms in total. The first kappa shape index (κ1) is 12.4. The van der Waals surface area contributed by atoms with Crippen LogP contribution in [0.1, 0.15) is 24.4 Å². The lowest BCUT2D eigenvalue weighted by molar-refractivity contribution is -0.118. The summed E-state index contributed by atoms with van der Waals surface area (Å²) in [4.78, 5) is 19.7. The van der Waals surface area contributed by atoms with Crippen LogP contribution in [0.3, 0.4) is 0 Å². The van der Waals surface area contributed by atoms with Crippen LogP contribution in [0.4, 0.5) is 5.82 Å². The van der Waals surface area contributed by atoms with E-state index in [1.807, 2.05) is 11.1 Å². The Labute approximate surface area is 113 Å². The van der Waals surface area contributed by atoms with E-state index in [0.717, 1.165) is 63.4 Å². The second kappa shape index (κ2) is 5.57. The molecular formula is C14H20N4O. The minimum Gasteiger partial charge on any atom is -0.354 e. The molecule has 3 heterocycles. The van der Waals surface area contributed by atoms with Crippen LogP contribution in [0.15, 0.2) is 18.3 Å². The highest BCUT2D eigenvalue weighted by molar-refractivity contribution is 5.50. The van der Waals surface area contributed by atoms with E-state index >= 15 is 0 Å². The number of hydrogen-bond acceptors (Lipinski definition) is 4. The summed E-state index contributed by atoms with van der Waals surface area (Å²) in [6.07, 6.45) is 5.03. The van der Waals surface area contributed by atoms with Gasteiger partial charge in [0.25, 0.3) is 0 Å². The van der Waals surface area contributed by atoms with Gasteiger partial charge in [0.2, 0.25) is 6.41 Å². The molecule has 0 aromatic carbocycles. The molecule has 0 bridgehead atoms. The van der Waals surface area contributed by atoms with E-state index in [2.05, 4.69) is 27.3 Å². The molecule has 5 heteroatoms. The SMILES string of the molecule is O=CN1CCC[C@@H]1c1ccc(N2CCNCC2)nc1.